The van der Waals surface area contributed by atoms with Gasteiger partial charge in [-0.1, -0.05) is 19.1 Å². The van der Waals surface area contributed by atoms with Gasteiger partial charge >= 0.3 is 5.69 Å². The molecule has 0 aliphatic heterocycles. The molecule has 1 heterocycles. The minimum absolute atomic E-state index is 0.246. The van der Waals surface area contributed by atoms with Crippen molar-refractivity contribution in [1.29, 1.82) is 0 Å². The molecular formula is C19H28N4O2. The molecule has 1 aromatic heterocycles. The molecule has 0 fully saturated rings. The molecule has 0 atom stereocenters. The fraction of sp³-hybridized carbons (Fsp3) is 0.474. The van der Waals surface area contributed by atoms with Crippen molar-refractivity contribution < 1.29 is 0 Å². The Morgan fingerprint density at radius 1 is 1.00 bits per heavy atom. The number of hydrogen-bond acceptors (Lipinski definition) is 4. The summed E-state index contributed by atoms with van der Waals surface area (Å²) in [4.78, 5) is 26.1. The quantitative estimate of drug-likeness (QED) is 0.730. The molecule has 0 saturated heterocycles. The lowest BCUT2D eigenvalue weighted by atomic mass is 10.1. The van der Waals surface area contributed by atoms with Crippen molar-refractivity contribution in [3.63, 3.8) is 0 Å². The van der Waals surface area contributed by atoms with Crippen molar-refractivity contribution in [2.45, 2.75) is 26.2 Å². The van der Waals surface area contributed by atoms with Crippen LogP contribution < -0.4 is 17.0 Å². The van der Waals surface area contributed by atoms with Gasteiger partial charge in [-0.15, -0.1) is 0 Å². The predicted molar refractivity (Wildman–Crippen MR) is 102 cm³/mol. The molecule has 0 unspecified atom stereocenters. The average Bonchev–Trinajstić information content (AvgIpc) is 2.61. The van der Waals surface area contributed by atoms with Gasteiger partial charge in [-0.25, -0.2) is 4.79 Å². The van der Waals surface area contributed by atoms with Gasteiger partial charge in [-0.2, -0.15) is 0 Å². The molecule has 2 N–H and O–H groups in total. The first-order valence-corrected chi connectivity index (χ1v) is 8.75. The van der Waals surface area contributed by atoms with Crippen LogP contribution in [0.4, 0.5) is 5.69 Å². The van der Waals surface area contributed by atoms with Gasteiger partial charge in [0.25, 0.3) is 5.56 Å². The standard InChI is InChI=1S/C19H28N4O2/c1-4-23(12-5-6-15-7-9-16(20)10-8-15)13-11-17-14-18(24)22(3)19(25)21(17)2/h7-10,14H,4-6,11-13,20H2,1-3H3. The van der Waals surface area contributed by atoms with Crippen LogP contribution in [0.1, 0.15) is 24.6 Å². The fourth-order valence-electron chi connectivity index (χ4n) is 2.91. The summed E-state index contributed by atoms with van der Waals surface area (Å²) in [5.74, 6) is 0. The Balaban J connectivity index is 1.89. The average molecular weight is 344 g/mol. The molecule has 0 spiro atoms. The summed E-state index contributed by atoms with van der Waals surface area (Å²) in [6.45, 7) is 4.89. The molecule has 0 saturated carbocycles. The van der Waals surface area contributed by atoms with Gasteiger partial charge in [-0.05, 0) is 43.6 Å². The van der Waals surface area contributed by atoms with Gasteiger partial charge in [0.05, 0.1) is 0 Å². The van der Waals surface area contributed by atoms with Gasteiger partial charge in [0, 0.05) is 44.5 Å². The van der Waals surface area contributed by atoms with Crippen molar-refractivity contribution in [3.8, 4) is 0 Å². The van der Waals surface area contributed by atoms with Gasteiger partial charge in [0.1, 0.15) is 0 Å². The largest absolute Gasteiger partial charge is 0.399 e. The number of benzene rings is 1. The van der Waals surface area contributed by atoms with Gasteiger partial charge in [0.2, 0.25) is 0 Å². The molecule has 136 valence electrons. The second-order valence-electron chi connectivity index (χ2n) is 6.40. The molecule has 0 radical (unpaired) electrons. The summed E-state index contributed by atoms with van der Waals surface area (Å²) in [6.07, 6.45) is 2.77. The normalized spacial score (nSPS) is 11.2. The van der Waals surface area contributed by atoms with Crippen LogP contribution in [0.2, 0.25) is 0 Å². The Labute approximate surface area is 148 Å². The van der Waals surface area contributed by atoms with E-state index in [0.717, 1.165) is 48.4 Å². The molecule has 0 aliphatic rings. The summed E-state index contributed by atoms with van der Waals surface area (Å²) in [5.41, 5.74) is 8.05. The van der Waals surface area contributed by atoms with E-state index < -0.39 is 0 Å². The highest BCUT2D eigenvalue weighted by atomic mass is 16.2. The molecule has 6 nitrogen and oxygen atoms in total. The highest BCUT2D eigenvalue weighted by molar-refractivity contribution is 5.39. The van der Waals surface area contributed by atoms with E-state index in [9.17, 15) is 9.59 Å². The second kappa shape index (κ2) is 8.67. The van der Waals surface area contributed by atoms with E-state index in [1.807, 2.05) is 12.1 Å². The first kappa shape index (κ1) is 19.0. The van der Waals surface area contributed by atoms with E-state index >= 15 is 0 Å². The minimum Gasteiger partial charge on any atom is -0.399 e. The van der Waals surface area contributed by atoms with E-state index in [0.29, 0.717) is 6.42 Å². The van der Waals surface area contributed by atoms with Gasteiger partial charge in [-0.3, -0.25) is 9.36 Å². The first-order valence-electron chi connectivity index (χ1n) is 8.75. The Morgan fingerprint density at radius 2 is 1.68 bits per heavy atom. The zero-order valence-electron chi connectivity index (χ0n) is 15.4. The maximum absolute atomic E-state index is 12.0. The first-order chi connectivity index (χ1) is 11.9. The van der Waals surface area contributed by atoms with E-state index in [-0.39, 0.29) is 11.2 Å². The topological polar surface area (TPSA) is 73.3 Å². The number of nitrogens with zero attached hydrogens (tertiary/aromatic N) is 3. The van der Waals surface area contributed by atoms with Crippen LogP contribution >= 0.6 is 0 Å². The fourth-order valence-corrected chi connectivity index (χ4v) is 2.91. The summed E-state index contributed by atoms with van der Waals surface area (Å²) in [6, 6.07) is 9.57. The Kier molecular flexibility index (Phi) is 6.58. The highest BCUT2D eigenvalue weighted by Crippen LogP contribution is 2.08. The molecule has 2 aromatic rings. The van der Waals surface area contributed by atoms with E-state index in [1.165, 1.54) is 12.6 Å². The van der Waals surface area contributed by atoms with Crippen molar-refractivity contribution in [2.75, 3.05) is 25.4 Å². The Bertz CT molecular complexity index is 806. The van der Waals surface area contributed by atoms with Crippen molar-refractivity contribution in [3.05, 3.63) is 62.4 Å². The summed E-state index contributed by atoms with van der Waals surface area (Å²) >= 11 is 0. The summed E-state index contributed by atoms with van der Waals surface area (Å²) in [7, 11) is 3.22. The lowest BCUT2D eigenvalue weighted by Crippen LogP contribution is -2.39. The molecule has 2 rings (SSSR count). The number of rotatable bonds is 8. The van der Waals surface area contributed by atoms with Crippen LogP contribution in [0.25, 0.3) is 0 Å². The predicted octanol–water partition coefficient (Wildman–Crippen LogP) is 1.16. The summed E-state index contributed by atoms with van der Waals surface area (Å²) in [5, 5.41) is 0. The molecule has 0 bridgehead atoms. The lowest BCUT2D eigenvalue weighted by molar-refractivity contribution is 0.286. The molecule has 25 heavy (non-hydrogen) atoms. The van der Waals surface area contributed by atoms with E-state index in [1.54, 1.807) is 17.7 Å². The highest BCUT2D eigenvalue weighted by Gasteiger charge is 2.08. The van der Waals surface area contributed by atoms with E-state index in [2.05, 4.69) is 24.0 Å². The maximum atomic E-state index is 12.0. The number of nitrogens with two attached hydrogens (primary N) is 1. The second-order valence-corrected chi connectivity index (χ2v) is 6.40. The Morgan fingerprint density at radius 3 is 2.32 bits per heavy atom. The number of anilines is 1. The zero-order chi connectivity index (χ0) is 18.4. The molecule has 6 heteroatoms. The lowest BCUT2D eigenvalue weighted by Gasteiger charge is -2.21. The van der Waals surface area contributed by atoms with Crippen molar-refractivity contribution >= 4 is 5.69 Å². The third kappa shape index (κ3) is 5.06. The smallest absolute Gasteiger partial charge is 0.330 e. The maximum Gasteiger partial charge on any atom is 0.330 e. The van der Waals surface area contributed by atoms with Crippen LogP contribution in [0.5, 0.6) is 0 Å². The monoisotopic (exact) mass is 344 g/mol. The molecule has 0 aliphatic carbocycles. The SMILES string of the molecule is CCN(CCCc1ccc(N)cc1)CCc1cc(=O)n(C)c(=O)n1C. The van der Waals surface area contributed by atoms with Crippen molar-refractivity contribution in [1.82, 2.24) is 14.0 Å². The third-order valence-corrected chi connectivity index (χ3v) is 4.68. The van der Waals surface area contributed by atoms with E-state index in [4.69, 9.17) is 5.73 Å². The molecule has 1 aromatic carbocycles. The zero-order valence-corrected chi connectivity index (χ0v) is 15.4. The number of aromatic nitrogens is 2. The van der Waals surface area contributed by atoms with Gasteiger partial charge in [0.15, 0.2) is 0 Å². The van der Waals surface area contributed by atoms with Crippen LogP contribution in [-0.4, -0.2) is 33.7 Å². The molecular weight excluding hydrogens is 316 g/mol. The number of likely N-dealkylation sites (N-methyl/N-ethyl adjacent to an activating group) is 1. The summed E-state index contributed by atoms with van der Waals surface area (Å²) < 4.78 is 2.69. The van der Waals surface area contributed by atoms with Crippen LogP contribution in [0.15, 0.2) is 39.9 Å². The van der Waals surface area contributed by atoms with Crippen LogP contribution in [0.3, 0.4) is 0 Å². The third-order valence-electron chi connectivity index (χ3n) is 4.68. The number of nitrogen functional groups attached to an aromatic ring is 1. The minimum atomic E-state index is -0.270. The van der Waals surface area contributed by atoms with Crippen molar-refractivity contribution in [2.24, 2.45) is 14.1 Å². The number of aryl methyl sites for hydroxylation is 1. The Hall–Kier alpha value is -2.34. The number of hydrogen-bond donors (Lipinski definition) is 1. The molecule has 0 amide bonds. The van der Waals surface area contributed by atoms with Gasteiger partial charge < -0.3 is 15.2 Å². The van der Waals surface area contributed by atoms with Crippen LogP contribution in [-0.2, 0) is 26.9 Å². The van der Waals surface area contributed by atoms with Crippen LogP contribution in [0, 0.1) is 0 Å².